The summed E-state index contributed by atoms with van der Waals surface area (Å²) in [6.07, 6.45) is 7.71. The van der Waals surface area contributed by atoms with Gasteiger partial charge in [0.15, 0.2) is 11.5 Å². The van der Waals surface area contributed by atoms with Crippen LogP contribution in [0.25, 0.3) is 0 Å². The maximum absolute atomic E-state index is 12.5. The number of benzene rings is 1. The molecular weight excluding hydrogens is 450 g/mol. The summed E-state index contributed by atoms with van der Waals surface area (Å²) in [6, 6.07) is 10.0. The van der Waals surface area contributed by atoms with Crippen molar-refractivity contribution >= 4 is 39.8 Å². The van der Waals surface area contributed by atoms with E-state index in [-0.39, 0.29) is 23.0 Å². The molecule has 0 unspecified atom stereocenters. The highest BCUT2D eigenvalue weighted by Gasteiger charge is 2.21. The van der Waals surface area contributed by atoms with E-state index in [1.165, 1.54) is 12.4 Å². The molecule has 152 valence electrons. The number of esters is 2. The topological polar surface area (TPSA) is 90.7 Å². The highest BCUT2D eigenvalue weighted by molar-refractivity contribution is 9.10. The van der Waals surface area contributed by atoms with Crippen molar-refractivity contribution in [3.63, 3.8) is 0 Å². The first kappa shape index (κ1) is 21.3. The highest BCUT2D eigenvalue weighted by Crippen LogP contribution is 2.35. The molecule has 0 saturated carbocycles. The Morgan fingerprint density at radius 2 is 1.80 bits per heavy atom. The number of pyridine rings is 2. The van der Waals surface area contributed by atoms with E-state index < -0.39 is 11.9 Å². The van der Waals surface area contributed by atoms with Crippen LogP contribution >= 0.6 is 15.9 Å². The van der Waals surface area contributed by atoms with Crippen LogP contribution in [0.1, 0.15) is 29.8 Å². The molecule has 0 aliphatic carbocycles. The molecule has 8 heteroatoms. The van der Waals surface area contributed by atoms with Crippen LogP contribution in [-0.2, 0) is 4.79 Å². The summed E-state index contributed by atoms with van der Waals surface area (Å²) < 4.78 is 11.7. The number of hydrogen-bond acceptors (Lipinski definition) is 7. The maximum Gasteiger partial charge on any atom is 0.345 e. The predicted molar refractivity (Wildman–Crippen MR) is 115 cm³/mol. The Morgan fingerprint density at radius 3 is 2.43 bits per heavy atom. The van der Waals surface area contributed by atoms with Gasteiger partial charge < -0.3 is 9.47 Å². The van der Waals surface area contributed by atoms with Crippen LogP contribution in [0.2, 0.25) is 0 Å². The fourth-order valence-electron chi connectivity index (χ4n) is 2.30. The number of nitrogens with zero attached hydrogens (tertiary/aromatic N) is 3. The lowest BCUT2D eigenvalue weighted by Gasteiger charge is -2.15. The van der Waals surface area contributed by atoms with Crippen LogP contribution in [0.3, 0.4) is 0 Å². The molecule has 3 aromatic rings. The third-order valence-electron chi connectivity index (χ3n) is 3.82. The Hall–Kier alpha value is -3.39. The third-order valence-corrected chi connectivity index (χ3v) is 4.28. The van der Waals surface area contributed by atoms with Gasteiger partial charge in [-0.2, -0.15) is 0 Å². The zero-order chi connectivity index (χ0) is 21.5. The van der Waals surface area contributed by atoms with Gasteiger partial charge in [0.25, 0.3) is 0 Å². The standard InChI is InChI=1S/C22H18BrN3O4/c1-14(2)21(27)30-20-16(12-26-18-6-4-8-25-13-18)9-17(23)10-19(20)29-22(28)15-5-3-7-24-11-15/h3-14H,1-2H3. The Morgan fingerprint density at radius 1 is 1.07 bits per heavy atom. The van der Waals surface area contributed by atoms with Crippen molar-refractivity contribution < 1.29 is 19.1 Å². The molecule has 0 bridgehead atoms. The maximum atomic E-state index is 12.5. The summed E-state index contributed by atoms with van der Waals surface area (Å²) in [5, 5.41) is 0. The summed E-state index contributed by atoms with van der Waals surface area (Å²) in [6.45, 7) is 3.43. The van der Waals surface area contributed by atoms with Gasteiger partial charge in [-0.1, -0.05) is 29.8 Å². The lowest BCUT2D eigenvalue weighted by molar-refractivity contribution is -0.137. The molecule has 2 heterocycles. The molecule has 0 aliphatic heterocycles. The average molecular weight is 468 g/mol. The van der Waals surface area contributed by atoms with Crippen molar-refractivity contribution in [3.05, 3.63) is 76.8 Å². The molecule has 0 spiro atoms. The molecular formula is C22H18BrN3O4. The van der Waals surface area contributed by atoms with Gasteiger partial charge in [-0.05, 0) is 36.4 Å². The molecule has 0 amide bonds. The quantitative estimate of drug-likeness (QED) is 0.294. The summed E-state index contributed by atoms with van der Waals surface area (Å²) in [5.41, 5.74) is 1.34. The number of ether oxygens (including phenoxy) is 2. The zero-order valence-corrected chi connectivity index (χ0v) is 17.9. The Balaban J connectivity index is 2.01. The second kappa shape index (κ2) is 9.89. The van der Waals surface area contributed by atoms with Crippen molar-refractivity contribution in [1.82, 2.24) is 9.97 Å². The normalized spacial score (nSPS) is 10.9. The van der Waals surface area contributed by atoms with Crippen LogP contribution in [-0.4, -0.2) is 28.1 Å². The van der Waals surface area contributed by atoms with Gasteiger partial charge in [0.05, 0.1) is 23.4 Å². The van der Waals surface area contributed by atoms with E-state index in [2.05, 4.69) is 30.9 Å². The third kappa shape index (κ3) is 5.57. The number of halogens is 1. The minimum atomic E-state index is -0.627. The number of rotatable bonds is 6. The van der Waals surface area contributed by atoms with Gasteiger partial charge in [0.2, 0.25) is 0 Å². The lowest BCUT2D eigenvalue weighted by Crippen LogP contribution is -2.17. The van der Waals surface area contributed by atoms with Crippen LogP contribution in [0.4, 0.5) is 5.69 Å². The predicted octanol–water partition coefficient (Wildman–Crippen LogP) is 4.77. The fourth-order valence-corrected chi connectivity index (χ4v) is 2.76. The van der Waals surface area contributed by atoms with Gasteiger partial charge in [-0.25, -0.2) is 4.79 Å². The molecule has 2 aromatic heterocycles. The molecule has 0 radical (unpaired) electrons. The van der Waals surface area contributed by atoms with Crippen molar-refractivity contribution in [1.29, 1.82) is 0 Å². The van der Waals surface area contributed by atoms with Gasteiger partial charge in [0, 0.05) is 34.8 Å². The molecule has 3 rings (SSSR count). The highest BCUT2D eigenvalue weighted by atomic mass is 79.9. The van der Waals surface area contributed by atoms with Crippen LogP contribution in [0.5, 0.6) is 11.5 Å². The van der Waals surface area contributed by atoms with Crippen molar-refractivity contribution in [2.24, 2.45) is 10.9 Å². The van der Waals surface area contributed by atoms with Crippen molar-refractivity contribution in [2.75, 3.05) is 0 Å². The van der Waals surface area contributed by atoms with Crippen LogP contribution < -0.4 is 9.47 Å². The smallest absolute Gasteiger partial charge is 0.345 e. The number of carbonyl (C=O) groups is 2. The van der Waals surface area contributed by atoms with E-state index in [9.17, 15) is 9.59 Å². The number of hydrogen-bond donors (Lipinski definition) is 0. The molecule has 7 nitrogen and oxygen atoms in total. The van der Waals surface area contributed by atoms with Crippen molar-refractivity contribution in [2.45, 2.75) is 13.8 Å². The van der Waals surface area contributed by atoms with E-state index in [0.29, 0.717) is 15.7 Å². The molecule has 30 heavy (non-hydrogen) atoms. The molecule has 0 aliphatic rings. The summed E-state index contributed by atoms with van der Waals surface area (Å²) in [5.74, 6) is -1.29. The van der Waals surface area contributed by atoms with E-state index in [4.69, 9.17) is 9.47 Å². The monoisotopic (exact) mass is 467 g/mol. The van der Waals surface area contributed by atoms with Crippen molar-refractivity contribution in [3.8, 4) is 11.5 Å². The zero-order valence-electron chi connectivity index (χ0n) is 16.3. The Labute approximate surface area is 181 Å². The van der Waals surface area contributed by atoms with Crippen LogP contribution in [0, 0.1) is 5.92 Å². The SMILES string of the molecule is CC(C)C(=O)Oc1c(C=Nc2cccnc2)cc(Br)cc1OC(=O)c1cccnc1. The van der Waals surface area contributed by atoms with Crippen LogP contribution in [0.15, 0.2) is 70.7 Å². The van der Waals surface area contributed by atoms with Gasteiger partial charge in [0.1, 0.15) is 0 Å². The van der Waals surface area contributed by atoms with Gasteiger partial charge in [-0.3, -0.25) is 19.8 Å². The van der Waals surface area contributed by atoms with E-state index in [1.807, 2.05) is 0 Å². The first-order valence-corrected chi connectivity index (χ1v) is 9.85. The van der Waals surface area contributed by atoms with Gasteiger partial charge in [-0.15, -0.1) is 0 Å². The Kier molecular flexibility index (Phi) is 7.03. The first-order chi connectivity index (χ1) is 14.4. The first-order valence-electron chi connectivity index (χ1n) is 9.05. The summed E-state index contributed by atoms with van der Waals surface area (Å²) in [7, 11) is 0. The lowest BCUT2D eigenvalue weighted by atomic mass is 10.2. The minimum Gasteiger partial charge on any atom is -0.422 e. The molecule has 0 saturated heterocycles. The van der Waals surface area contributed by atoms with E-state index >= 15 is 0 Å². The summed E-state index contributed by atoms with van der Waals surface area (Å²) in [4.78, 5) is 37.1. The number of carbonyl (C=O) groups excluding carboxylic acids is 2. The molecule has 0 fully saturated rings. The minimum absolute atomic E-state index is 0.0832. The molecule has 0 N–H and O–H groups in total. The second-order valence-corrected chi connectivity index (χ2v) is 7.41. The summed E-state index contributed by atoms with van der Waals surface area (Å²) >= 11 is 3.40. The largest absolute Gasteiger partial charge is 0.422 e. The number of aromatic nitrogens is 2. The van der Waals surface area contributed by atoms with E-state index in [0.717, 1.165) is 0 Å². The van der Waals surface area contributed by atoms with E-state index in [1.54, 1.807) is 68.8 Å². The second-order valence-electron chi connectivity index (χ2n) is 6.50. The molecule has 0 atom stereocenters. The molecule has 1 aromatic carbocycles. The fraction of sp³-hybridized carbons (Fsp3) is 0.136. The van der Waals surface area contributed by atoms with Gasteiger partial charge >= 0.3 is 11.9 Å². The Bertz CT molecular complexity index is 1070. The number of aliphatic imine (C=N–C) groups is 1. The average Bonchev–Trinajstić information content (AvgIpc) is 2.75.